The van der Waals surface area contributed by atoms with Crippen molar-refractivity contribution < 1.29 is 14.6 Å². The molecule has 0 aromatic carbocycles. The maximum Gasteiger partial charge on any atom is 0.217 e. The lowest BCUT2D eigenvalue weighted by atomic mass is 9.93. The molecule has 0 aromatic heterocycles. The Labute approximate surface area is 84.6 Å². The molecule has 2 N–H and O–H groups in total. The molecular weight excluding hydrogens is 182 g/mol. The fraction of sp³-hybridized carbons (Fsp3) is 0.900. The van der Waals surface area contributed by atoms with Crippen molar-refractivity contribution in [2.75, 3.05) is 13.2 Å². The number of aliphatic hydroxyl groups excluding tert-OH is 1. The van der Waals surface area contributed by atoms with E-state index in [0.29, 0.717) is 12.6 Å². The Balaban J connectivity index is 2.14. The highest BCUT2D eigenvalue weighted by molar-refractivity contribution is 5.73. The molecule has 0 saturated heterocycles. The molecule has 1 saturated carbocycles. The molecule has 1 aliphatic carbocycles. The number of amides is 1. The summed E-state index contributed by atoms with van der Waals surface area (Å²) in [7, 11) is 0. The van der Waals surface area contributed by atoms with Crippen LogP contribution in [0.2, 0.25) is 0 Å². The smallest absolute Gasteiger partial charge is 0.217 e. The Morgan fingerprint density at radius 2 is 2.07 bits per heavy atom. The summed E-state index contributed by atoms with van der Waals surface area (Å²) >= 11 is 0. The summed E-state index contributed by atoms with van der Waals surface area (Å²) in [5, 5.41) is 11.5. The molecule has 1 rings (SSSR count). The highest BCUT2D eigenvalue weighted by Gasteiger charge is 2.21. The van der Waals surface area contributed by atoms with Crippen molar-refractivity contribution in [3.05, 3.63) is 0 Å². The van der Waals surface area contributed by atoms with Crippen LogP contribution in [0.4, 0.5) is 0 Å². The molecule has 0 bridgehead atoms. The van der Waals surface area contributed by atoms with Gasteiger partial charge in [0.1, 0.15) is 0 Å². The lowest BCUT2D eigenvalue weighted by Crippen LogP contribution is -2.38. The average molecular weight is 201 g/mol. The molecule has 0 unspecified atom stereocenters. The first-order valence-corrected chi connectivity index (χ1v) is 5.22. The second kappa shape index (κ2) is 5.98. The van der Waals surface area contributed by atoms with Crippen molar-refractivity contribution >= 4 is 5.91 Å². The minimum atomic E-state index is 0.0460. The molecule has 82 valence electrons. The van der Waals surface area contributed by atoms with Crippen LogP contribution in [0.1, 0.15) is 32.6 Å². The normalized spacial score (nSPS) is 27.3. The first-order valence-electron chi connectivity index (χ1n) is 5.22. The van der Waals surface area contributed by atoms with Crippen molar-refractivity contribution in [2.45, 2.75) is 44.8 Å². The van der Waals surface area contributed by atoms with Crippen LogP contribution in [0, 0.1) is 0 Å². The number of carbonyl (C=O) groups is 1. The van der Waals surface area contributed by atoms with Crippen LogP contribution in [0.3, 0.4) is 0 Å². The Kier molecular flexibility index (Phi) is 4.90. The summed E-state index contributed by atoms with van der Waals surface area (Å²) in [6.07, 6.45) is 4.19. The van der Waals surface area contributed by atoms with Crippen molar-refractivity contribution in [2.24, 2.45) is 0 Å². The van der Waals surface area contributed by atoms with Crippen LogP contribution in [0.5, 0.6) is 0 Å². The van der Waals surface area contributed by atoms with E-state index in [2.05, 4.69) is 5.32 Å². The first-order chi connectivity index (χ1) is 6.72. The van der Waals surface area contributed by atoms with Crippen LogP contribution in [0.15, 0.2) is 0 Å². The molecule has 0 heterocycles. The number of ether oxygens (including phenoxy) is 1. The van der Waals surface area contributed by atoms with Gasteiger partial charge >= 0.3 is 0 Å². The number of nitrogens with one attached hydrogen (secondary N) is 1. The van der Waals surface area contributed by atoms with E-state index in [4.69, 9.17) is 9.84 Å². The number of hydrogen-bond acceptors (Lipinski definition) is 3. The van der Waals surface area contributed by atoms with Crippen LogP contribution in [-0.4, -0.2) is 36.4 Å². The molecule has 1 fully saturated rings. The molecule has 14 heavy (non-hydrogen) atoms. The van der Waals surface area contributed by atoms with E-state index in [1.165, 1.54) is 0 Å². The predicted octanol–water partition coefficient (Wildman–Crippen LogP) is 0.443. The van der Waals surface area contributed by atoms with Gasteiger partial charge in [-0.1, -0.05) is 0 Å². The maximum absolute atomic E-state index is 10.8. The lowest BCUT2D eigenvalue weighted by Gasteiger charge is -2.28. The van der Waals surface area contributed by atoms with Gasteiger partial charge in [-0.3, -0.25) is 4.79 Å². The lowest BCUT2D eigenvalue weighted by molar-refractivity contribution is -0.120. The quantitative estimate of drug-likeness (QED) is 0.694. The van der Waals surface area contributed by atoms with Gasteiger partial charge < -0.3 is 15.2 Å². The van der Waals surface area contributed by atoms with Crippen molar-refractivity contribution in [3.8, 4) is 0 Å². The van der Waals surface area contributed by atoms with Gasteiger partial charge in [0.25, 0.3) is 0 Å². The van der Waals surface area contributed by atoms with Gasteiger partial charge in [-0.05, 0) is 25.7 Å². The van der Waals surface area contributed by atoms with Crippen molar-refractivity contribution in [1.29, 1.82) is 0 Å². The van der Waals surface area contributed by atoms with Gasteiger partial charge in [0, 0.05) is 13.0 Å². The summed E-state index contributed by atoms with van der Waals surface area (Å²) in [4.78, 5) is 10.8. The molecule has 0 atom stereocenters. The Bertz CT molecular complexity index is 176. The maximum atomic E-state index is 10.8. The van der Waals surface area contributed by atoms with Gasteiger partial charge in [-0.15, -0.1) is 0 Å². The minimum absolute atomic E-state index is 0.0460. The van der Waals surface area contributed by atoms with E-state index < -0.39 is 0 Å². The predicted molar refractivity (Wildman–Crippen MR) is 52.9 cm³/mol. The summed E-state index contributed by atoms with van der Waals surface area (Å²) in [6.45, 7) is 2.06. The zero-order chi connectivity index (χ0) is 10.4. The van der Waals surface area contributed by atoms with Crippen LogP contribution < -0.4 is 5.32 Å². The van der Waals surface area contributed by atoms with Gasteiger partial charge in [-0.2, -0.15) is 0 Å². The molecule has 0 aliphatic heterocycles. The fourth-order valence-corrected chi connectivity index (χ4v) is 1.88. The number of aliphatic hydroxyl groups is 1. The number of carbonyl (C=O) groups excluding carboxylic acids is 1. The second-order valence-electron chi connectivity index (χ2n) is 3.77. The highest BCUT2D eigenvalue weighted by Crippen LogP contribution is 2.20. The fourth-order valence-electron chi connectivity index (χ4n) is 1.88. The molecule has 4 nitrogen and oxygen atoms in total. The molecule has 0 aromatic rings. The summed E-state index contributed by atoms with van der Waals surface area (Å²) in [6, 6.07) is 0.321. The molecule has 0 spiro atoms. The average Bonchev–Trinajstić information content (AvgIpc) is 2.16. The topological polar surface area (TPSA) is 58.6 Å². The summed E-state index contributed by atoms with van der Waals surface area (Å²) in [5.41, 5.74) is 0. The second-order valence-corrected chi connectivity index (χ2v) is 3.77. The van der Waals surface area contributed by atoms with Gasteiger partial charge in [0.05, 0.1) is 19.3 Å². The van der Waals surface area contributed by atoms with E-state index in [0.717, 1.165) is 25.7 Å². The summed E-state index contributed by atoms with van der Waals surface area (Å²) < 4.78 is 5.42. The van der Waals surface area contributed by atoms with E-state index in [9.17, 15) is 4.79 Å². The Hall–Kier alpha value is -0.610. The van der Waals surface area contributed by atoms with E-state index in [-0.39, 0.29) is 18.6 Å². The van der Waals surface area contributed by atoms with Crippen molar-refractivity contribution in [3.63, 3.8) is 0 Å². The number of hydrogen-bond donors (Lipinski definition) is 2. The van der Waals surface area contributed by atoms with Gasteiger partial charge in [0.15, 0.2) is 0 Å². The van der Waals surface area contributed by atoms with Crippen molar-refractivity contribution in [1.82, 2.24) is 5.32 Å². The molecule has 4 heteroatoms. The zero-order valence-electron chi connectivity index (χ0n) is 8.66. The van der Waals surface area contributed by atoms with E-state index in [1.807, 2.05) is 0 Å². The van der Waals surface area contributed by atoms with Crippen LogP contribution in [-0.2, 0) is 9.53 Å². The third kappa shape index (κ3) is 4.07. The largest absolute Gasteiger partial charge is 0.394 e. The molecule has 1 amide bonds. The van der Waals surface area contributed by atoms with Gasteiger partial charge in [-0.25, -0.2) is 0 Å². The Morgan fingerprint density at radius 3 is 2.57 bits per heavy atom. The minimum Gasteiger partial charge on any atom is -0.394 e. The third-order valence-electron chi connectivity index (χ3n) is 2.53. The standard InChI is InChI=1S/C10H19NO3/c1-8(13)11-9-2-4-10(5-3-9)14-7-6-12/h9-10,12H,2-7H2,1H3,(H,11,13). The summed E-state index contributed by atoms with van der Waals surface area (Å²) in [5.74, 6) is 0.0460. The SMILES string of the molecule is CC(=O)NC1CCC(OCCO)CC1. The van der Waals surface area contributed by atoms with E-state index >= 15 is 0 Å². The molecular formula is C10H19NO3. The zero-order valence-corrected chi connectivity index (χ0v) is 8.66. The Morgan fingerprint density at radius 1 is 1.43 bits per heavy atom. The number of rotatable bonds is 4. The highest BCUT2D eigenvalue weighted by atomic mass is 16.5. The van der Waals surface area contributed by atoms with Crippen LogP contribution >= 0.6 is 0 Å². The monoisotopic (exact) mass is 201 g/mol. The first kappa shape index (κ1) is 11.5. The molecule has 1 aliphatic rings. The van der Waals surface area contributed by atoms with Gasteiger partial charge in [0.2, 0.25) is 5.91 Å². The molecule has 0 radical (unpaired) electrons. The van der Waals surface area contributed by atoms with E-state index in [1.54, 1.807) is 6.92 Å². The van der Waals surface area contributed by atoms with Crippen LogP contribution in [0.25, 0.3) is 0 Å². The third-order valence-corrected chi connectivity index (χ3v) is 2.53.